The lowest BCUT2D eigenvalue weighted by Gasteiger charge is -2.36. The van der Waals surface area contributed by atoms with Crippen molar-refractivity contribution in [2.45, 2.75) is 13.8 Å². The molecular formula is C19H22BrN3O3. The van der Waals surface area contributed by atoms with Gasteiger partial charge in [0.15, 0.2) is 0 Å². The number of carbonyl (C=O) groups is 2. The Bertz CT molecular complexity index is 796. The molecule has 1 fully saturated rings. The van der Waals surface area contributed by atoms with E-state index < -0.39 is 0 Å². The Morgan fingerprint density at radius 3 is 2.31 bits per heavy atom. The molecule has 138 valence electrons. The molecule has 0 unspecified atom stereocenters. The highest BCUT2D eigenvalue weighted by atomic mass is 79.9. The largest absolute Gasteiger partial charge is 0.465 e. The highest BCUT2D eigenvalue weighted by Crippen LogP contribution is 2.27. The van der Waals surface area contributed by atoms with Gasteiger partial charge in [0.25, 0.3) is 5.91 Å². The second kappa shape index (κ2) is 7.95. The summed E-state index contributed by atoms with van der Waals surface area (Å²) in [5.74, 6) is 0.814. The minimum Gasteiger partial charge on any atom is -0.465 e. The number of hydrogen-bond acceptors (Lipinski definition) is 4. The molecular weight excluding hydrogens is 398 g/mol. The molecule has 26 heavy (non-hydrogen) atoms. The highest BCUT2D eigenvalue weighted by molar-refractivity contribution is 9.10. The fraction of sp³-hybridized carbons (Fsp3) is 0.368. The van der Waals surface area contributed by atoms with Crippen LogP contribution in [0.15, 0.2) is 39.2 Å². The molecule has 1 aromatic carbocycles. The molecule has 3 rings (SSSR count). The average Bonchev–Trinajstić information content (AvgIpc) is 2.92. The van der Waals surface area contributed by atoms with Crippen LogP contribution in [0.5, 0.6) is 0 Å². The van der Waals surface area contributed by atoms with Crippen LogP contribution in [-0.2, 0) is 4.79 Å². The van der Waals surface area contributed by atoms with Gasteiger partial charge in [0, 0.05) is 31.9 Å². The topological polar surface area (TPSA) is 65.8 Å². The number of furan rings is 1. The van der Waals surface area contributed by atoms with Crippen LogP contribution in [0.25, 0.3) is 0 Å². The van der Waals surface area contributed by atoms with Crippen LogP contribution in [0, 0.1) is 13.8 Å². The van der Waals surface area contributed by atoms with Crippen molar-refractivity contribution in [1.29, 1.82) is 0 Å². The first-order valence-corrected chi connectivity index (χ1v) is 9.38. The third-order valence-corrected chi connectivity index (χ3v) is 5.52. The minimum atomic E-state index is -0.303. The van der Waals surface area contributed by atoms with Gasteiger partial charge in [0.05, 0.1) is 16.6 Å². The summed E-state index contributed by atoms with van der Waals surface area (Å²) >= 11 is 3.36. The number of nitrogens with one attached hydrogen (secondary N) is 1. The number of benzene rings is 1. The Morgan fingerprint density at radius 2 is 1.73 bits per heavy atom. The van der Waals surface area contributed by atoms with E-state index in [1.807, 2.05) is 18.2 Å². The number of rotatable bonds is 4. The fourth-order valence-corrected chi connectivity index (χ4v) is 3.66. The Balaban J connectivity index is 1.51. The van der Waals surface area contributed by atoms with Crippen LogP contribution >= 0.6 is 15.9 Å². The van der Waals surface area contributed by atoms with Gasteiger partial charge in [-0.05, 0) is 41.9 Å². The van der Waals surface area contributed by atoms with Crippen LogP contribution in [0.1, 0.15) is 21.9 Å². The maximum Gasteiger partial charge on any atom is 0.256 e. The van der Waals surface area contributed by atoms with Gasteiger partial charge in [-0.15, -0.1) is 0 Å². The van der Waals surface area contributed by atoms with Crippen molar-refractivity contribution < 1.29 is 14.0 Å². The number of halogens is 1. The maximum atomic E-state index is 12.4. The molecule has 1 aliphatic rings. The molecule has 1 aromatic heterocycles. The molecule has 0 aliphatic carbocycles. The normalized spacial score (nSPS) is 14.4. The Kier molecular flexibility index (Phi) is 5.66. The summed E-state index contributed by atoms with van der Waals surface area (Å²) in [6.07, 6.45) is 0. The molecule has 2 aromatic rings. The zero-order chi connectivity index (χ0) is 18.7. The van der Waals surface area contributed by atoms with Crippen molar-refractivity contribution in [2.75, 3.05) is 37.6 Å². The average molecular weight is 420 g/mol. The molecule has 0 radical (unpaired) electrons. The predicted molar refractivity (Wildman–Crippen MR) is 103 cm³/mol. The summed E-state index contributed by atoms with van der Waals surface area (Å²) in [5, 5.41) is 2.70. The van der Waals surface area contributed by atoms with Crippen molar-refractivity contribution in [2.24, 2.45) is 0 Å². The van der Waals surface area contributed by atoms with E-state index >= 15 is 0 Å². The zero-order valence-corrected chi connectivity index (χ0v) is 16.5. The van der Waals surface area contributed by atoms with Gasteiger partial charge in [0.2, 0.25) is 5.91 Å². The van der Waals surface area contributed by atoms with Gasteiger partial charge in [-0.25, -0.2) is 0 Å². The molecule has 1 N–H and O–H groups in total. The van der Waals surface area contributed by atoms with Gasteiger partial charge >= 0.3 is 0 Å². The van der Waals surface area contributed by atoms with Crippen molar-refractivity contribution >= 4 is 33.4 Å². The minimum absolute atomic E-state index is 0.0136. The van der Waals surface area contributed by atoms with Crippen LogP contribution in [-0.4, -0.2) is 49.4 Å². The second-order valence-electron chi connectivity index (χ2n) is 6.29. The number of anilines is 1. The highest BCUT2D eigenvalue weighted by Gasteiger charge is 2.23. The van der Waals surface area contributed by atoms with E-state index in [1.54, 1.807) is 18.7 Å². The van der Waals surface area contributed by atoms with E-state index in [1.165, 1.54) is 5.69 Å². The number of hydrogen-bond donors (Lipinski definition) is 1. The van der Waals surface area contributed by atoms with Crippen LogP contribution in [0.4, 0.5) is 5.69 Å². The van der Waals surface area contributed by atoms with Gasteiger partial charge in [-0.3, -0.25) is 9.59 Å². The molecule has 0 saturated carbocycles. The summed E-state index contributed by atoms with van der Waals surface area (Å²) in [6, 6.07) is 10.2. The van der Waals surface area contributed by atoms with Crippen LogP contribution < -0.4 is 10.2 Å². The zero-order valence-electron chi connectivity index (χ0n) is 14.9. The molecule has 0 spiro atoms. The number of amides is 2. The Morgan fingerprint density at radius 1 is 1.08 bits per heavy atom. The second-order valence-corrected chi connectivity index (χ2v) is 7.08. The molecule has 6 nitrogen and oxygen atoms in total. The van der Waals surface area contributed by atoms with Gasteiger partial charge in [-0.2, -0.15) is 0 Å². The third-order valence-electron chi connectivity index (χ3n) is 4.57. The molecule has 2 amide bonds. The summed E-state index contributed by atoms with van der Waals surface area (Å²) in [4.78, 5) is 28.8. The number of piperazine rings is 1. The smallest absolute Gasteiger partial charge is 0.256 e. The van der Waals surface area contributed by atoms with E-state index in [2.05, 4.69) is 38.3 Å². The van der Waals surface area contributed by atoms with E-state index in [4.69, 9.17) is 4.42 Å². The molecule has 1 aliphatic heterocycles. The standard InChI is InChI=1S/C19H22BrN3O3/c1-13-17(18(20)14(2)26-13)19(25)21-12-16(24)23-10-8-22(9-11-23)15-6-4-3-5-7-15/h3-7H,8-12H2,1-2H3,(H,21,25). The van der Waals surface area contributed by atoms with Crippen molar-refractivity contribution in [3.05, 3.63) is 51.9 Å². The van der Waals surface area contributed by atoms with Crippen molar-refractivity contribution in [1.82, 2.24) is 10.2 Å². The number of aryl methyl sites for hydroxylation is 2. The summed E-state index contributed by atoms with van der Waals surface area (Å²) in [5.41, 5.74) is 1.62. The molecule has 0 atom stereocenters. The lowest BCUT2D eigenvalue weighted by molar-refractivity contribution is -0.130. The molecule has 1 saturated heterocycles. The lowest BCUT2D eigenvalue weighted by Crippen LogP contribution is -2.51. The van der Waals surface area contributed by atoms with Gasteiger partial charge in [0.1, 0.15) is 11.5 Å². The van der Waals surface area contributed by atoms with E-state index in [0.717, 1.165) is 13.1 Å². The Hall–Kier alpha value is -2.28. The summed E-state index contributed by atoms with van der Waals surface area (Å²) in [6.45, 7) is 6.38. The molecule has 0 bridgehead atoms. The fourth-order valence-electron chi connectivity index (χ4n) is 3.12. The van der Waals surface area contributed by atoms with Crippen LogP contribution in [0.2, 0.25) is 0 Å². The molecule has 2 heterocycles. The van der Waals surface area contributed by atoms with Gasteiger partial charge in [-0.1, -0.05) is 18.2 Å². The summed E-state index contributed by atoms with van der Waals surface area (Å²) < 4.78 is 6.07. The predicted octanol–water partition coefficient (Wildman–Crippen LogP) is 2.74. The van der Waals surface area contributed by atoms with Crippen molar-refractivity contribution in [3.63, 3.8) is 0 Å². The third kappa shape index (κ3) is 3.93. The molecule has 7 heteroatoms. The van der Waals surface area contributed by atoms with E-state index in [-0.39, 0.29) is 18.4 Å². The monoisotopic (exact) mass is 419 g/mol. The first-order chi connectivity index (χ1) is 12.5. The summed E-state index contributed by atoms with van der Waals surface area (Å²) in [7, 11) is 0. The number of carbonyl (C=O) groups excluding carboxylic acids is 2. The SMILES string of the molecule is Cc1oc(C)c(C(=O)NCC(=O)N2CCN(c3ccccc3)CC2)c1Br. The first-order valence-electron chi connectivity index (χ1n) is 8.59. The number of nitrogens with zero attached hydrogens (tertiary/aromatic N) is 2. The Labute approximate surface area is 161 Å². The van der Waals surface area contributed by atoms with Gasteiger partial charge < -0.3 is 19.5 Å². The quantitative estimate of drug-likeness (QED) is 0.826. The lowest BCUT2D eigenvalue weighted by atomic mass is 10.2. The number of para-hydroxylation sites is 1. The van der Waals surface area contributed by atoms with E-state index in [9.17, 15) is 9.59 Å². The maximum absolute atomic E-state index is 12.4. The first kappa shape index (κ1) is 18.5. The van der Waals surface area contributed by atoms with Crippen molar-refractivity contribution in [3.8, 4) is 0 Å². The van der Waals surface area contributed by atoms with Crippen LogP contribution in [0.3, 0.4) is 0 Å². The van der Waals surface area contributed by atoms with E-state index in [0.29, 0.717) is 34.6 Å².